The van der Waals surface area contributed by atoms with Crippen molar-refractivity contribution in [3.8, 4) is 0 Å². The van der Waals surface area contributed by atoms with Crippen LogP contribution in [-0.2, 0) is 21.3 Å². The number of aromatic nitrogens is 2. The fourth-order valence-electron chi connectivity index (χ4n) is 2.97. The van der Waals surface area contributed by atoms with Gasteiger partial charge in [-0.15, -0.1) is 0 Å². The van der Waals surface area contributed by atoms with E-state index in [9.17, 15) is 18.0 Å². The summed E-state index contributed by atoms with van der Waals surface area (Å²) in [6.45, 7) is 0.947. The molecule has 10 heteroatoms. The van der Waals surface area contributed by atoms with E-state index in [0.717, 1.165) is 6.26 Å². The molecule has 1 aromatic heterocycles. The normalized spacial score (nSPS) is 11.5. The molecular formula is C21H23N3O5S2. The highest BCUT2D eigenvalue weighted by Gasteiger charge is 2.14. The summed E-state index contributed by atoms with van der Waals surface area (Å²) in [5.41, 5.74) is 1.27. The Morgan fingerprint density at radius 2 is 1.87 bits per heavy atom. The van der Waals surface area contributed by atoms with Gasteiger partial charge in [0, 0.05) is 31.5 Å². The van der Waals surface area contributed by atoms with Crippen LogP contribution in [0.25, 0.3) is 10.9 Å². The third-order valence-corrected chi connectivity index (χ3v) is 5.98. The Kier molecular flexibility index (Phi) is 7.47. The lowest BCUT2D eigenvalue weighted by Gasteiger charge is -2.13. The van der Waals surface area contributed by atoms with Crippen molar-refractivity contribution < 1.29 is 17.9 Å². The van der Waals surface area contributed by atoms with Crippen LogP contribution in [0.4, 0.5) is 5.69 Å². The van der Waals surface area contributed by atoms with Crippen molar-refractivity contribution in [1.82, 2.24) is 9.55 Å². The summed E-state index contributed by atoms with van der Waals surface area (Å²) < 4.78 is 31.6. The van der Waals surface area contributed by atoms with E-state index in [1.54, 1.807) is 42.0 Å². The van der Waals surface area contributed by atoms with Gasteiger partial charge in [0.2, 0.25) is 10.0 Å². The first-order valence-electron chi connectivity index (χ1n) is 9.51. The Hall–Kier alpha value is -2.69. The lowest BCUT2D eigenvalue weighted by molar-refractivity contribution is 0.102. The zero-order chi connectivity index (χ0) is 22.4. The second kappa shape index (κ2) is 10.1. The number of sulfonamides is 1. The third-order valence-electron chi connectivity index (χ3n) is 4.40. The van der Waals surface area contributed by atoms with Crippen molar-refractivity contribution in [1.29, 1.82) is 0 Å². The minimum atomic E-state index is -3.38. The van der Waals surface area contributed by atoms with Gasteiger partial charge in [-0.3, -0.25) is 18.9 Å². The Labute approximate surface area is 184 Å². The highest BCUT2D eigenvalue weighted by Crippen LogP contribution is 2.20. The van der Waals surface area contributed by atoms with E-state index in [1.165, 1.54) is 23.9 Å². The van der Waals surface area contributed by atoms with Gasteiger partial charge in [0.15, 0.2) is 10.9 Å². The molecule has 0 aliphatic carbocycles. The van der Waals surface area contributed by atoms with E-state index >= 15 is 0 Å². The number of ether oxygens (including phenoxy) is 1. The predicted octanol–water partition coefficient (Wildman–Crippen LogP) is 2.78. The molecule has 31 heavy (non-hydrogen) atoms. The fourth-order valence-corrected chi connectivity index (χ4v) is 4.46. The molecule has 0 aliphatic rings. The zero-order valence-electron chi connectivity index (χ0n) is 17.2. The number of thioether (sulfide) groups is 1. The molecule has 1 heterocycles. The number of hydrogen-bond acceptors (Lipinski definition) is 7. The summed E-state index contributed by atoms with van der Waals surface area (Å²) in [4.78, 5) is 30.2. The van der Waals surface area contributed by atoms with E-state index in [0.29, 0.717) is 46.9 Å². The number of nitrogens with one attached hydrogen (secondary N) is 1. The number of ketones is 1. The van der Waals surface area contributed by atoms with Gasteiger partial charge in [-0.25, -0.2) is 13.4 Å². The molecule has 0 saturated carbocycles. The molecule has 8 nitrogen and oxygen atoms in total. The predicted molar refractivity (Wildman–Crippen MR) is 122 cm³/mol. The van der Waals surface area contributed by atoms with Crippen LogP contribution < -0.4 is 10.3 Å². The van der Waals surface area contributed by atoms with Gasteiger partial charge >= 0.3 is 0 Å². The number of fused-ring (bicyclic) bond motifs is 1. The number of para-hydroxylation sites is 1. The molecule has 0 aliphatic heterocycles. The van der Waals surface area contributed by atoms with E-state index in [2.05, 4.69) is 9.71 Å². The van der Waals surface area contributed by atoms with Crippen molar-refractivity contribution in [3.63, 3.8) is 0 Å². The van der Waals surface area contributed by atoms with Gasteiger partial charge < -0.3 is 4.74 Å². The molecule has 0 saturated heterocycles. The molecule has 0 radical (unpaired) electrons. The molecule has 3 aromatic rings. The van der Waals surface area contributed by atoms with Gasteiger partial charge in [0.1, 0.15) is 0 Å². The van der Waals surface area contributed by atoms with Crippen LogP contribution in [0.15, 0.2) is 58.5 Å². The Morgan fingerprint density at radius 1 is 1.16 bits per heavy atom. The molecule has 1 N–H and O–H groups in total. The van der Waals surface area contributed by atoms with Crippen molar-refractivity contribution in [3.05, 3.63) is 64.4 Å². The summed E-state index contributed by atoms with van der Waals surface area (Å²) in [6.07, 6.45) is 1.71. The average molecular weight is 462 g/mol. The molecule has 3 rings (SSSR count). The van der Waals surface area contributed by atoms with E-state index in [4.69, 9.17) is 4.74 Å². The number of hydrogen-bond donors (Lipinski definition) is 1. The van der Waals surface area contributed by atoms with E-state index in [1.807, 2.05) is 6.07 Å². The largest absolute Gasteiger partial charge is 0.385 e. The maximum absolute atomic E-state index is 12.9. The Morgan fingerprint density at radius 3 is 2.55 bits per heavy atom. The molecule has 0 fully saturated rings. The lowest BCUT2D eigenvalue weighted by Crippen LogP contribution is -2.24. The van der Waals surface area contributed by atoms with Gasteiger partial charge in [-0.2, -0.15) is 0 Å². The maximum Gasteiger partial charge on any atom is 0.262 e. The monoisotopic (exact) mass is 461 g/mol. The van der Waals surface area contributed by atoms with Crippen LogP contribution in [0.2, 0.25) is 0 Å². The number of methoxy groups -OCH3 is 1. The smallest absolute Gasteiger partial charge is 0.262 e. The van der Waals surface area contributed by atoms with Gasteiger partial charge in [0.05, 0.1) is 22.9 Å². The minimum Gasteiger partial charge on any atom is -0.385 e. The number of carbonyl (C=O) groups is 1. The van der Waals surface area contributed by atoms with Crippen LogP contribution >= 0.6 is 11.8 Å². The molecule has 2 aromatic carbocycles. The van der Waals surface area contributed by atoms with Gasteiger partial charge in [0.25, 0.3) is 5.56 Å². The first kappa shape index (κ1) is 23.0. The van der Waals surface area contributed by atoms with Gasteiger partial charge in [-0.1, -0.05) is 23.9 Å². The number of carbonyl (C=O) groups excluding carboxylic acids is 1. The second-order valence-corrected chi connectivity index (χ2v) is 9.57. The van der Waals surface area contributed by atoms with Crippen LogP contribution in [0.3, 0.4) is 0 Å². The van der Waals surface area contributed by atoms with Crippen molar-refractivity contribution in [2.45, 2.75) is 18.1 Å². The van der Waals surface area contributed by atoms with E-state index < -0.39 is 10.0 Å². The molecule has 0 atom stereocenters. The van der Waals surface area contributed by atoms with Crippen LogP contribution in [0, 0.1) is 0 Å². The van der Waals surface area contributed by atoms with E-state index in [-0.39, 0.29) is 17.1 Å². The summed E-state index contributed by atoms with van der Waals surface area (Å²) in [7, 11) is -1.78. The molecule has 0 bridgehead atoms. The lowest BCUT2D eigenvalue weighted by atomic mass is 10.1. The summed E-state index contributed by atoms with van der Waals surface area (Å²) >= 11 is 1.20. The topological polar surface area (TPSA) is 107 Å². The molecule has 0 unspecified atom stereocenters. The maximum atomic E-state index is 12.9. The Balaban J connectivity index is 1.79. The standard InChI is InChI=1S/C21H23N3O5S2/c1-29-13-5-12-24-20(26)17-6-3-4-7-18(17)22-21(24)30-14-19(25)15-8-10-16(11-9-15)23-31(2,27)28/h3-4,6-11,23H,5,12-14H2,1-2H3. The molecule has 0 spiro atoms. The number of rotatable bonds is 10. The van der Waals surface area contributed by atoms with Crippen molar-refractivity contribution in [2.75, 3.05) is 30.4 Å². The molecular weight excluding hydrogens is 438 g/mol. The zero-order valence-corrected chi connectivity index (χ0v) is 18.8. The molecule has 164 valence electrons. The SMILES string of the molecule is COCCCn1c(SCC(=O)c2ccc(NS(C)(=O)=O)cc2)nc2ccccc2c1=O. The summed E-state index contributed by atoms with van der Waals surface area (Å²) in [5, 5.41) is 1.01. The van der Waals surface area contributed by atoms with Crippen molar-refractivity contribution >= 4 is 44.2 Å². The second-order valence-electron chi connectivity index (χ2n) is 6.88. The quantitative estimate of drug-likeness (QED) is 0.214. The number of Topliss-reactive ketones (excluding diaryl/α,β-unsaturated/α-hetero) is 1. The third kappa shape index (κ3) is 6.16. The number of benzene rings is 2. The fraction of sp³-hybridized carbons (Fsp3) is 0.286. The highest BCUT2D eigenvalue weighted by molar-refractivity contribution is 7.99. The first-order chi connectivity index (χ1) is 14.8. The highest BCUT2D eigenvalue weighted by atomic mass is 32.2. The summed E-state index contributed by atoms with van der Waals surface area (Å²) in [6, 6.07) is 13.3. The van der Waals surface area contributed by atoms with Crippen LogP contribution in [0.5, 0.6) is 0 Å². The molecule has 0 amide bonds. The minimum absolute atomic E-state index is 0.0912. The van der Waals surface area contributed by atoms with Crippen molar-refractivity contribution in [2.24, 2.45) is 0 Å². The first-order valence-corrected chi connectivity index (χ1v) is 12.4. The number of nitrogens with zero attached hydrogens (tertiary/aromatic N) is 2. The van der Waals surface area contributed by atoms with Crippen LogP contribution in [0.1, 0.15) is 16.8 Å². The average Bonchev–Trinajstić information content (AvgIpc) is 2.73. The summed E-state index contributed by atoms with van der Waals surface area (Å²) in [5.74, 6) is -0.0600. The van der Waals surface area contributed by atoms with Gasteiger partial charge in [-0.05, 0) is 42.8 Å². The van der Waals surface area contributed by atoms with Crippen LogP contribution in [-0.4, -0.2) is 49.5 Å². The number of anilines is 1. The Bertz CT molecular complexity index is 1240.